The fourth-order valence-electron chi connectivity index (χ4n) is 3.98. The average Bonchev–Trinajstić information content (AvgIpc) is 3.44. The number of benzene rings is 1. The predicted molar refractivity (Wildman–Crippen MR) is 114 cm³/mol. The van der Waals surface area contributed by atoms with Crippen molar-refractivity contribution in [1.29, 1.82) is 0 Å². The number of nitrogens with zero attached hydrogens (tertiary/aromatic N) is 3. The second-order valence-electron chi connectivity index (χ2n) is 7.58. The summed E-state index contributed by atoms with van der Waals surface area (Å²) in [5, 5.41) is 0. The Hall–Kier alpha value is -2.46. The number of rotatable bonds is 8. The standard InChI is InChI=1S/C21H29N3O6S/c1-3-23(4-2)31(28,29)16-9-10-18(22-11-5-6-12-22)17(14-16)21(27)30-15-20(26)24-13-7-8-19(24)25/h9-10,14H,3-8,11-13,15H2,1-2H3. The van der Waals surface area contributed by atoms with Gasteiger partial charge in [-0.2, -0.15) is 4.31 Å². The summed E-state index contributed by atoms with van der Waals surface area (Å²) in [6.07, 6.45) is 2.86. The van der Waals surface area contributed by atoms with Gasteiger partial charge in [-0.25, -0.2) is 13.2 Å². The number of carbonyl (C=O) groups excluding carboxylic acids is 3. The maximum absolute atomic E-state index is 12.9. The molecule has 0 saturated carbocycles. The van der Waals surface area contributed by atoms with Gasteiger partial charge >= 0.3 is 5.97 Å². The van der Waals surface area contributed by atoms with Crippen LogP contribution in [-0.2, 0) is 24.3 Å². The number of anilines is 1. The van der Waals surface area contributed by atoms with Crippen LogP contribution in [0.5, 0.6) is 0 Å². The molecule has 1 aromatic carbocycles. The van der Waals surface area contributed by atoms with Gasteiger partial charge in [0.15, 0.2) is 6.61 Å². The molecule has 0 radical (unpaired) electrons. The summed E-state index contributed by atoms with van der Waals surface area (Å²) in [6, 6.07) is 4.46. The molecule has 1 aromatic rings. The van der Waals surface area contributed by atoms with Gasteiger partial charge in [0.1, 0.15) is 0 Å². The molecule has 0 aliphatic carbocycles. The molecular weight excluding hydrogens is 422 g/mol. The fraction of sp³-hybridized carbons (Fsp3) is 0.571. The zero-order chi connectivity index (χ0) is 22.6. The molecule has 0 bridgehead atoms. The van der Waals surface area contributed by atoms with E-state index in [1.54, 1.807) is 19.9 Å². The number of carbonyl (C=O) groups is 3. The lowest BCUT2D eigenvalue weighted by Gasteiger charge is -2.23. The van der Waals surface area contributed by atoms with Crippen molar-refractivity contribution in [1.82, 2.24) is 9.21 Å². The minimum Gasteiger partial charge on any atom is -0.452 e. The van der Waals surface area contributed by atoms with E-state index in [4.69, 9.17) is 4.74 Å². The molecule has 3 rings (SSSR count). The van der Waals surface area contributed by atoms with E-state index >= 15 is 0 Å². The van der Waals surface area contributed by atoms with Crippen LogP contribution in [0.4, 0.5) is 5.69 Å². The Balaban J connectivity index is 1.87. The van der Waals surface area contributed by atoms with Crippen molar-refractivity contribution < 1.29 is 27.5 Å². The second-order valence-corrected chi connectivity index (χ2v) is 9.52. The number of esters is 1. The van der Waals surface area contributed by atoms with Gasteiger partial charge in [0.2, 0.25) is 15.9 Å². The molecule has 2 amide bonds. The molecule has 2 aliphatic heterocycles. The molecule has 9 nitrogen and oxygen atoms in total. The van der Waals surface area contributed by atoms with Crippen LogP contribution in [0.15, 0.2) is 23.1 Å². The Morgan fingerprint density at radius 3 is 2.32 bits per heavy atom. The van der Waals surface area contributed by atoms with E-state index in [0.29, 0.717) is 38.2 Å². The van der Waals surface area contributed by atoms with E-state index < -0.39 is 28.5 Å². The summed E-state index contributed by atoms with van der Waals surface area (Å²) >= 11 is 0. The summed E-state index contributed by atoms with van der Waals surface area (Å²) in [5.41, 5.74) is 0.696. The quantitative estimate of drug-likeness (QED) is 0.553. The van der Waals surface area contributed by atoms with Crippen LogP contribution in [0.25, 0.3) is 0 Å². The minimum absolute atomic E-state index is 0.00661. The highest BCUT2D eigenvalue weighted by atomic mass is 32.2. The first-order valence-corrected chi connectivity index (χ1v) is 12.1. The zero-order valence-corrected chi connectivity index (χ0v) is 18.8. The number of imide groups is 1. The molecule has 170 valence electrons. The highest BCUT2D eigenvalue weighted by Crippen LogP contribution is 2.29. The van der Waals surface area contributed by atoms with Crippen LogP contribution in [0.3, 0.4) is 0 Å². The van der Waals surface area contributed by atoms with Crippen LogP contribution in [0.1, 0.15) is 49.9 Å². The Labute approximate surface area is 183 Å². The Bertz CT molecular complexity index is 952. The molecular formula is C21H29N3O6S. The topological polar surface area (TPSA) is 104 Å². The van der Waals surface area contributed by atoms with Gasteiger partial charge in [0.25, 0.3) is 5.91 Å². The van der Waals surface area contributed by atoms with Crippen LogP contribution < -0.4 is 4.90 Å². The average molecular weight is 452 g/mol. The van der Waals surface area contributed by atoms with Gasteiger partial charge in [-0.15, -0.1) is 0 Å². The molecule has 10 heteroatoms. The molecule has 0 aromatic heterocycles. The summed E-state index contributed by atoms with van der Waals surface area (Å²) in [7, 11) is -3.76. The molecule has 0 unspecified atom stereocenters. The number of hydrogen-bond donors (Lipinski definition) is 0. The number of likely N-dealkylation sites (tertiary alicyclic amines) is 1. The van der Waals surface area contributed by atoms with Gasteiger partial charge in [0, 0.05) is 39.1 Å². The second kappa shape index (κ2) is 9.78. The lowest BCUT2D eigenvalue weighted by atomic mass is 10.1. The lowest BCUT2D eigenvalue weighted by molar-refractivity contribution is -0.143. The monoisotopic (exact) mass is 451 g/mol. The third-order valence-electron chi connectivity index (χ3n) is 5.68. The lowest BCUT2D eigenvalue weighted by Crippen LogP contribution is -2.35. The van der Waals surface area contributed by atoms with Gasteiger partial charge < -0.3 is 9.64 Å². The van der Waals surface area contributed by atoms with Gasteiger partial charge in [-0.1, -0.05) is 13.8 Å². The van der Waals surface area contributed by atoms with E-state index in [1.807, 2.05) is 4.90 Å². The van der Waals surface area contributed by atoms with E-state index in [0.717, 1.165) is 30.8 Å². The molecule has 2 saturated heterocycles. The summed E-state index contributed by atoms with van der Waals surface area (Å²) in [4.78, 5) is 40.0. The predicted octanol–water partition coefficient (Wildman–Crippen LogP) is 1.62. The van der Waals surface area contributed by atoms with Crippen molar-refractivity contribution in [2.45, 2.75) is 44.4 Å². The third-order valence-corrected chi connectivity index (χ3v) is 7.72. The molecule has 0 atom stereocenters. The molecule has 0 N–H and O–H groups in total. The van der Waals surface area contributed by atoms with Crippen LogP contribution >= 0.6 is 0 Å². The first-order chi connectivity index (χ1) is 14.8. The van der Waals surface area contributed by atoms with E-state index in [9.17, 15) is 22.8 Å². The molecule has 2 heterocycles. The first-order valence-electron chi connectivity index (χ1n) is 10.7. The number of sulfonamides is 1. The maximum atomic E-state index is 12.9. The summed E-state index contributed by atoms with van der Waals surface area (Å²) in [5.74, 6) is -1.62. The maximum Gasteiger partial charge on any atom is 0.340 e. The highest BCUT2D eigenvalue weighted by Gasteiger charge is 2.29. The Kier molecular flexibility index (Phi) is 7.32. The number of amides is 2. The number of hydrogen-bond acceptors (Lipinski definition) is 7. The number of ether oxygens (including phenoxy) is 1. The van der Waals surface area contributed by atoms with Gasteiger partial charge in [-0.3, -0.25) is 14.5 Å². The van der Waals surface area contributed by atoms with Crippen molar-refractivity contribution in [3.8, 4) is 0 Å². The van der Waals surface area contributed by atoms with Crippen molar-refractivity contribution in [2.75, 3.05) is 44.2 Å². The minimum atomic E-state index is -3.76. The smallest absolute Gasteiger partial charge is 0.340 e. The van der Waals surface area contributed by atoms with Gasteiger partial charge in [0.05, 0.1) is 16.1 Å². The van der Waals surface area contributed by atoms with Crippen molar-refractivity contribution >= 4 is 33.5 Å². The summed E-state index contributed by atoms with van der Waals surface area (Å²) < 4.78 is 32.4. The first kappa shape index (κ1) is 23.2. The summed E-state index contributed by atoms with van der Waals surface area (Å²) in [6.45, 7) is 5.39. The van der Waals surface area contributed by atoms with E-state index in [2.05, 4.69) is 0 Å². The largest absolute Gasteiger partial charge is 0.452 e. The van der Waals surface area contributed by atoms with E-state index in [1.165, 1.54) is 16.4 Å². The molecule has 2 aliphatic rings. The highest BCUT2D eigenvalue weighted by molar-refractivity contribution is 7.89. The van der Waals surface area contributed by atoms with Crippen LogP contribution in [0, 0.1) is 0 Å². The van der Waals surface area contributed by atoms with E-state index in [-0.39, 0.29) is 16.4 Å². The molecule has 0 spiro atoms. The zero-order valence-electron chi connectivity index (χ0n) is 18.0. The van der Waals surface area contributed by atoms with Crippen molar-refractivity contribution in [3.63, 3.8) is 0 Å². The molecule has 31 heavy (non-hydrogen) atoms. The van der Waals surface area contributed by atoms with Crippen LogP contribution in [-0.4, -0.2) is 74.7 Å². The third kappa shape index (κ3) is 4.90. The van der Waals surface area contributed by atoms with Crippen LogP contribution in [0.2, 0.25) is 0 Å². The van der Waals surface area contributed by atoms with Crippen molar-refractivity contribution in [2.24, 2.45) is 0 Å². The normalized spacial score (nSPS) is 16.9. The molecule has 2 fully saturated rings. The Morgan fingerprint density at radius 2 is 1.74 bits per heavy atom. The van der Waals surface area contributed by atoms with Gasteiger partial charge in [-0.05, 0) is 37.5 Å². The SMILES string of the molecule is CCN(CC)S(=O)(=O)c1ccc(N2CCCC2)c(C(=O)OCC(=O)N2CCCC2=O)c1. The van der Waals surface area contributed by atoms with Crippen molar-refractivity contribution in [3.05, 3.63) is 23.8 Å². The Morgan fingerprint density at radius 1 is 1.06 bits per heavy atom. The fourth-order valence-corrected chi connectivity index (χ4v) is 5.47.